The summed E-state index contributed by atoms with van der Waals surface area (Å²) in [5.41, 5.74) is -0.233. The van der Waals surface area contributed by atoms with Crippen LogP contribution in [0.4, 0.5) is 4.39 Å². The van der Waals surface area contributed by atoms with E-state index in [0.717, 1.165) is 12.8 Å². The van der Waals surface area contributed by atoms with E-state index in [-0.39, 0.29) is 10.6 Å². The van der Waals surface area contributed by atoms with Crippen molar-refractivity contribution in [1.29, 1.82) is 0 Å². The lowest BCUT2D eigenvalue weighted by molar-refractivity contribution is 0.203. The quantitative estimate of drug-likeness (QED) is 0.727. The van der Waals surface area contributed by atoms with Crippen LogP contribution in [-0.2, 0) is 0 Å². The Morgan fingerprint density at radius 1 is 1.43 bits per heavy atom. The van der Waals surface area contributed by atoms with Gasteiger partial charge < -0.3 is 4.74 Å². The van der Waals surface area contributed by atoms with Crippen molar-refractivity contribution in [3.8, 4) is 5.75 Å². The van der Waals surface area contributed by atoms with Crippen molar-refractivity contribution in [3.63, 3.8) is 0 Å². The summed E-state index contributed by atoms with van der Waals surface area (Å²) in [4.78, 5) is 0. The molecule has 2 rings (SSSR count). The molecule has 1 aromatic rings. The maximum absolute atomic E-state index is 12.8. The summed E-state index contributed by atoms with van der Waals surface area (Å²) >= 11 is 11.4. The summed E-state index contributed by atoms with van der Waals surface area (Å²) in [7, 11) is 0. The summed E-state index contributed by atoms with van der Waals surface area (Å²) in [6, 6.07) is 4.33. The van der Waals surface area contributed by atoms with E-state index in [1.54, 1.807) is 6.07 Å². The molecule has 0 amide bonds. The van der Waals surface area contributed by atoms with Crippen molar-refractivity contribution in [2.24, 2.45) is 0 Å². The predicted octanol–water partition coefficient (Wildman–Crippen LogP) is 3.63. The Morgan fingerprint density at radius 3 is 2.64 bits per heavy atom. The van der Waals surface area contributed by atoms with E-state index in [1.165, 1.54) is 12.1 Å². The molecule has 0 heterocycles. The van der Waals surface area contributed by atoms with Gasteiger partial charge in [0.2, 0.25) is 0 Å². The molecule has 0 atom stereocenters. The van der Waals surface area contributed by atoms with Gasteiger partial charge in [0.25, 0.3) is 0 Å². The Balaban J connectivity index is 2.14. The van der Waals surface area contributed by atoms with E-state index >= 15 is 0 Å². The van der Waals surface area contributed by atoms with Crippen molar-refractivity contribution in [1.82, 2.24) is 0 Å². The highest BCUT2D eigenvalue weighted by Crippen LogP contribution is 2.41. The van der Waals surface area contributed by atoms with Gasteiger partial charge in [-0.15, -0.1) is 11.6 Å². The highest BCUT2D eigenvalue weighted by atomic mass is 35.5. The Kier molecular flexibility index (Phi) is 2.58. The standard InChI is InChI=1S/C10H9Cl2FO/c11-6-10(3-4-10)14-7-1-2-9(13)8(12)5-7/h1-2,5H,3-4,6H2. The maximum atomic E-state index is 12.8. The lowest BCUT2D eigenvalue weighted by atomic mass is 10.3. The van der Waals surface area contributed by atoms with Crippen LogP contribution in [0.2, 0.25) is 5.02 Å². The van der Waals surface area contributed by atoms with Crippen LogP contribution in [0.3, 0.4) is 0 Å². The Hall–Kier alpha value is -0.470. The zero-order valence-electron chi connectivity index (χ0n) is 7.40. The predicted molar refractivity (Wildman–Crippen MR) is 54.7 cm³/mol. The van der Waals surface area contributed by atoms with E-state index in [4.69, 9.17) is 27.9 Å². The first kappa shape index (κ1) is 10.1. The van der Waals surface area contributed by atoms with E-state index in [9.17, 15) is 4.39 Å². The minimum atomic E-state index is -0.435. The molecule has 1 aliphatic carbocycles. The zero-order valence-corrected chi connectivity index (χ0v) is 8.91. The third kappa shape index (κ3) is 1.96. The lowest BCUT2D eigenvalue weighted by Gasteiger charge is -2.15. The normalized spacial score (nSPS) is 17.9. The van der Waals surface area contributed by atoms with Gasteiger partial charge >= 0.3 is 0 Å². The fourth-order valence-corrected chi connectivity index (χ4v) is 1.69. The number of benzene rings is 1. The third-order valence-corrected chi connectivity index (χ3v) is 3.05. The average molecular weight is 235 g/mol. The van der Waals surface area contributed by atoms with Crippen molar-refractivity contribution >= 4 is 23.2 Å². The molecule has 14 heavy (non-hydrogen) atoms. The minimum Gasteiger partial charge on any atom is -0.486 e. The molecule has 0 unspecified atom stereocenters. The van der Waals surface area contributed by atoms with Gasteiger partial charge in [-0.2, -0.15) is 0 Å². The fraction of sp³-hybridized carbons (Fsp3) is 0.400. The molecule has 0 N–H and O–H groups in total. The summed E-state index contributed by atoms with van der Waals surface area (Å²) < 4.78 is 18.4. The van der Waals surface area contributed by atoms with E-state index in [2.05, 4.69) is 0 Å². The molecule has 1 aliphatic rings. The molecule has 4 heteroatoms. The minimum absolute atomic E-state index is 0.0767. The van der Waals surface area contributed by atoms with E-state index in [1.807, 2.05) is 0 Å². The molecule has 1 fully saturated rings. The molecule has 0 aliphatic heterocycles. The summed E-state index contributed by atoms with van der Waals surface area (Å²) in [6.45, 7) is 0. The molecule has 1 nitrogen and oxygen atoms in total. The number of halogens is 3. The number of hydrogen-bond donors (Lipinski definition) is 0. The molecule has 0 aromatic heterocycles. The second kappa shape index (κ2) is 3.59. The maximum Gasteiger partial charge on any atom is 0.142 e. The molecule has 1 saturated carbocycles. The van der Waals surface area contributed by atoms with Gasteiger partial charge in [-0.05, 0) is 25.0 Å². The van der Waals surface area contributed by atoms with Crippen LogP contribution in [0, 0.1) is 5.82 Å². The van der Waals surface area contributed by atoms with Crippen LogP contribution in [0.25, 0.3) is 0 Å². The molecule has 0 radical (unpaired) electrons. The van der Waals surface area contributed by atoms with Gasteiger partial charge in [0.05, 0.1) is 10.9 Å². The summed E-state index contributed by atoms with van der Waals surface area (Å²) in [5, 5.41) is 0.0767. The Labute approximate surface area is 91.8 Å². The number of rotatable bonds is 3. The molecule has 0 saturated heterocycles. The van der Waals surface area contributed by atoms with Crippen molar-refractivity contribution in [2.75, 3.05) is 5.88 Å². The van der Waals surface area contributed by atoms with Gasteiger partial charge in [-0.25, -0.2) is 4.39 Å². The highest BCUT2D eigenvalue weighted by Gasteiger charge is 2.44. The van der Waals surface area contributed by atoms with Gasteiger partial charge in [0.1, 0.15) is 17.2 Å². The van der Waals surface area contributed by atoms with Crippen molar-refractivity contribution in [2.45, 2.75) is 18.4 Å². The Morgan fingerprint density at radius 2 is 2.14 bits per heavy atom. The number of ether oxygens (including phenoxy) is 1. The molecular formula is C10H9Cl2FO. The third-order valence-electron chi connectivity index (χ3n) is 2.28. The van der Waals surface area contributed by atoms with Crippen LogP contribution < -0.4 is 4.74 Å². The molecule has 0 spiro atoms. The summed E-state index contributed by atoms with van der Waals surface area (Å²) in [5.74, 6) is 0.603. The lowest BCUT2D eigenvalue weighted by Crippen LogP contribution is -2.19. The van der Waals surface area contributed by atoms with Gasteiger partial charge in [-0.3, -0.25) is 0 Å². The topological polar surface area (TPSA) is 9.23 Å². The second-order valence-electron chi connectivity index (χ2n) is 3.49. The van der Waals surface area contributed by atoms with Crippen molar-refractivity contribution in [3.05, 3.63) is 29.0 Å². The van der Waals surface area contributed by atoms with Crippen LogP contribution in [-0.4, -0.2) is 11.5 Å². The molecule has 1 aromatic carbocycles. The first-order valence-electron chi connectivity index (χ1n) is 4.35. The second-order valence-corrected chi connectivity index (χ2v) is 4.17. The van der Waals surface area contributed by atoms with Gasteiger partial charge in [0, 0.05) is 6.07 Å². The van der Waals surface area contributed by atoms with Crippen LogP contribution in [0.15, 0.2) is 18.2 Å². The highest BCUT2D eigenvalue weighted by molar-refractivity contribution is 6.30. The van der Waals surface area contributed by atoms with E-state index < -0.39 is 5.82 Å². The molecule has 76 valence electrons. The fourth-order valence-electron chi connectivity index (χ4n) is 1.19. The van der Waals surface area contributed by atoms with Crippen LogP contribution in [0.5, 0.6) is 5.75 Å². The first-order valence-corrected chi connectivity index (χ1v) is 5.26. The smallest absolute Gasteiger partial charge is 0.142 e. The van der Waals surface area contributed by atoms with Gasteiger partial charge in [0.15, 0.2) is 0 Å². The molecular weight excluding hydrogens is 226 g/mol. The largest absolute Gasteiger partial charge is 0.486 e. The SMILES string of the molecule is Fc1ccc(OC2(CCl)CC2)cc1Cl. The van der Waals surface area contributed by atoms with Crippen LogP contribution >= 0.6 is 23.2 Å². The first-order chi connectivity index (χ1) is 6.65. The number of alkyl halides is 1. The monoisotopic (exact) mass is 234 g/mol. The zero-order chi connectivity index (χ0) is 10.2. The average Bonchev–Trinajstić information content (AvgIpc) is 2.93. The van der Waals surface area contributed by atoms with Crippen LogP contribution in [0.1, 0.15) is 12.8 Å². The Bertz CT molecular complexity index is 350. The van der Waals surface area contributed by atoms with Gasteiger partial charge in [-0.1, -0.05) is 11.6 Å². The number of hydrogen-bond acceptors (Lipinski definition) is 1. The molecule has 0 bridgehead atoms. The van der Waals surface area contributed by atoms with E-state index in [0.29, 0.717) is 11.6 Å². The summed E-state index contributed by atoms with van der Waals surface area (Å²) in [6.07, 6.45) is 1.90. The van der Waals surface area contributed by atoms with Crippen molar-refractivity contribution < 1.29 is 9.13 Å².